The zero-order valence-electron chi connectivity index (χ0n) is 14.2. The van der Waals surface area contributed by atoms with E-state index < -0.39 is 0 Å². The second-order valence-electron chi connectivity index (χ2n) is 6.48. The number of methoxy groups -OCH3 is 1. The van der Waals surface area contributed by atoms with E-state index in [1.165, 1.54) is 0 Å². The summed E-state index contributed by atoms with van der Waals surface area (Å²) in [6.07, 6.45) is 2.19. The monoisotopic (exact) mass is 347 g/mol. The third kappa shape index (κ3) is 3.64. The van der Waals surface area contributed by atoms with Crippen molar-refractivity contribution in [2.75, 3.05) is 26.7 Å². The lowest BCUT2D eigenvalue weighted by atomic mass is 9.87. The highest BCUT2D eigenvalue weighted by Crippen LogP contribution is 2.38. The summed E-state index contributed by atoms with van der Waals surface area (Å²) in [5, 5.41) is 7.07. The molecular weight excluding hydrogens is 322 g/mol. The van der Waals surface area contributed by atoms with Crippen LogP contribution in [0.3, 0.4) is 0 Å². The van der Waals surface area contributed by atoms with Crippen LogP contribution in [0.5, 0.6) is 5.75 Å². The van der Waals surface area contributed by atoms with Crippen LogP contribution < -0.4 is 15.4 Å². The summed E-state index contributed by atoms with van der Waals surface area (Å²) in [6, 6.07) is 8.33. The third-order valence-corrected chi connectivity index (χ3v) is 5.14. The minimum absolute atomic E-state index is 0.0801. The number of nitrogens with one attached hydrogen (secondary N) is 2. The fourth-order valence-corrected chi connectivity index (χ4v) is 3.62. The fraction of sp³-hybridized carbons (Fsp3) is 0.556. The number of carbonyl (C=O) groups is 1. The van der Waals surface area contributed by atoms with Gasteiger partial charge >= 0.3 is 0 Å². The second-order valence-corrected chi connectivity index (χ2v) is 6.86. The summed E-state index contributed by atoms with van der Waals surface area (Å²) in [7, 11) is 1.67. The van der Waals surface area contributed by atoms with Crippen LogP contribution in [0.1, 0.15) is 31.2 Å². The zero-order chi connectivity index (χ0) is 17.1. The van der Waals surface area contributed by atoms with Gasteiger partial charge in [0.15, 0.2) is 5.11 Å². The lowest BCUT2D eigenvalue weighted by Crippen LogP contribution is -2.40. The molecule has 0 aromatic heterocycles. The van der Waals surface area contributed by atoms with Gasteiger partial charge in [0.05, 0.1) is 13.0 Å². The number of amides is 1. The molecule has 0 radical (unpaired) electrons. The molecule has 24 heavy (non-hydrogen) atoms. The van der Waals surface area contributed by atoms with Crippen LogP contribution in [0.2, 0.25) is 0 Å². The molecule has 1 amide bonds. The van der Waals surface area contributed by atoms with Gasteiger partial charge in [0.25, 0.3) is 0 Å². The number of likely N-dealkylation sites (tertiary alicyclic amines) is 1. The number of hydrogen-bond donors (Lipinski definition) is 2. The average molecular weight is 347 g/mol. The number of hydrogen-bond acceptors (Lipinski definition) is 3. The molecule has 1 saturated carbocycles. The molecule has 1 aromatic rings. The highest BCUT2D eigenvalue weighted by atomic mass is 32.1. The predicted octanol–water partition coefficient (Wildman–Crippen LogP) is 1.88. The van der Waals surface area contributed by atoms with Gasteiger partial charge in [-0.1, -0.05) is 18.2 Å². The van der Waals surface area contributed by atoms with Crippen LogP contribution >= 0.6 is 12.2 Å². The van der Waals surface area contributed by atoms with Gasteiger partial charge in [-0.15, -0.1) is 0 Å². The molecule has 1 aliphatic carbocycles. The van der Waals surface area contributed by atoms with E-state index in [2.05, 4.69) is 21.6 Å². The maximum absolute atomic E-state index is 12.8. The third-order valence-electron chi connectivity index (χ3n) is 4.73. The molecule has 2 unspecified atom stereocenters. The van der Waals surface area contributed by atoms with Crippen molar-refractivity contribution in [3.05, 3.63) is 29.8 Å². The van der Waals surface area contributed by atoms with Gasteiger partial charge in [-0.25, -0.2) is 0 Å². The summed E-state index contributed by atoms with van der Waals surface area (Å²) in [5.41, 5.74) is 1.08. The van der Waals surface area contributed by atoms with Crippen molar-refractivity contribution in [3.8, 4) is 5.75 Å². The van der Waals surface area contributed by atoms with E-state index >= 15 is 0 Å². The van der Waals surface area contributed by atoms with E-state index in [4.69, 9.17) is 17.0 Å². The van der Waals surface area contributed by atoms with Crippen molar-refractivity contribution in [1.29, 1.82) is 0 Å². The topological polar surface area (TPSA) is 53.6 Å². The molecule has 1 saturated heterocycles. The number of thiocarbonyl (C=S) groups is 1. The van der Waals surface area contributed by atoms with Crippen LogP contribution in [-0.2, 0) is 4.79 Å². The van der Waals surface area contributed by atoms with Crippen molar-refractivity contribution in [2.45, 2.75) is 31.7 Å². The Morgan fingerprint density at radius 1 is 1.33 bits per heavy atom. The molecule has 130 valence electrons. The first-order chi connectivity index (χ1) is 11.6. The molecule has 0 spiro atoms. The number of nitrogens with zero attached hydrogens (tertiary/aromatic N) is 1. The summed E-state index contributed by atoms with van der Waals surface area (Å²) in [6.45, 7) is 4.19. The summed E-state index contributed by atoms with van der Waals surface area (Å²) >= 11 is 5.47. The standard InChI is InChI=1S/C18H25N3O2S/c1-3-19-18(24)21-10-14(13-6-4-5-7-16(13)23-2)15(11-21)17(22)20-12-8-9-12/h4-7,12,14-15H,3,8-11H2,1-2H3,(H,19,24)(H,20,22). The van der Waals surface area contributed by atoms with Gasteiger partial charge in [-0.05, 0) is 43.6 Å². The molecule has 6 heteroatoms. The molecule has 3 rings (SSSR count). The Morgan fingerprint density at radius 2 is 2.08 bits per heavy atom. The maximum atomic E-state index is 12.8. The molecule has 1 aromatic carbocycles. The minimum atomic E-state index is -0.112. The van der Waals surface area contributed by atoms with Gasteiger partial charge in [0.1, 0.15) is 5.75 Å². The molecule has 2 aliphatic rings. The van der Waals surface area contributed by atoms with Gasteiger partial charge in [0, 0.05) is 31.6 Å². The van der Waals surface area contributed by atoms with Crippen LogP contribution in [0.15, 0.2) is 24.3 Å². The first-order valence-corrected chi connectivity index (χ1v) is 9.01. The quantitative estimate of drug-likeness (QED) is 0.797. The normalized spacial score (nSPS) is 23.0. The van der Waals surface area contributed by atoms with Crippen LogP contribution in [-0.4, -0.2) is 48.7 Å². The molecule has 2 N–H and O–H groups in total. The number of para-hydroxylation sites is 1. The predicted molar refractivity (Wildman–Crippen MR) is 98.2 cm³/mol. The Bertz CT molecular complexity index is 618. The average Bonchev–Trinajstić information content (AvgIpc) is 3.29. The zero-order valence-corrected chi connectivity index (χ0v) is 15.1. The maximum Gasteiger partial charge on any atom is 0.225 e. The Balaban J connectivity index is 1.84. The molecule has 1 heterocycles. The molecule has 0 bridgehead atoms. The van der Waals surface area contributed by atoms with E-state index in [0.717, 1.165) is 42.4 Å². The van der Waals surface area contributed by atoms with Crippen molar-refractivity contribution >= 4 is 23.2 Å². The molecule has 2 fully saturated rings. The Labute approximate surface area is 148 Å². The van der Waals surface area contributed by atoms with E-state index in [1.807, 2.05) is 25.1 Å². The number of benzene rings is 1. The van der Waals surface area contributed by atoms with Crippen molar-refractivity contribution in [2.24, 2.45) is 5.92 Å². The van der Waals surface area contributed by atoms with Crippen LogP contribution in [0, 0.1) is 5.92 Å². The highest BCUT2D eigenvalue weighted by Gasteiger charge is 2.41. The highest BCUT2D eigenvalue weighted by molar-refractivity contribution is 7.80. The van der Waals surface area contributed by atoms with Gasteiger partial charge < -0.3 is 20.3 Å². The van der Waals surface area contributed by atoms with Gasteiger partial charge in [0.2, 0.25) is 5.91 Å². The minimum Gasteiger partial charge on any atom is -0.496 e. The summed E-state index contributed by atoms with van der Waals surface area (Å²) in [5.74, 6) is 0.938. The van der Waals surface area contributed by atoms with E-state index in [9.17, 15) is 4.79 Å². The molecule has 5 nitrogen and oxygen atoms in total. The van der Waals surface area contributed by atoms with Crippen LogP contribution in [0.25, 0.3) is 0 Å². The number of rotatable bonds is 5. The lowest BCUT2D eigenvalue weighted by molar-refractivity contribution is -0.125. The van der Waals surface area contributed by atoms with Gasteiger partial charge in [-0.2, -0.15) is 0 Å². The first kappa shape index (κ1) is 17.0. The second kappa shape index (κ2) is 7.38. The first-order valence-electron chi connectivity index (χ1n) is 8.60. The molecular formula is C18H25N3O2S. The fourth-order valence-electron chi connectivity index (χ4n) is 3.32. The number of ether oxygens (including phenoxy) is 1. The molecule has 1 aliphatic heterocycles. The van der Waals surface area contributed by atoms with Crippen molar-refractivity contribution in [3.63, 3.8) is 0 Å². The molecule has 2 atom stereocenters. The lowest BCUT2D eigenvalue weighted by Gasteiger charge is -2.20. The largest absolute Gasteiger partial charge is 0.496 e. The SMILES string of the molecule is CCNC(=S)N1CC(C(=O)NC2CC2)C(c2ccccc2OC)C1. The van der Waals surface area contributed by atoms with Crippen molar-refractivity contribution in [1.82, 2.24) is 15.5 Å². The Morgan fingerprint density at radius 3 is 2.75 bits per heavy atom. The Kier molecular flexibility index (Phi) is 5.23. The van der Waals surface area contributed by atoms with E-state index in [0.29, 0.717) is 12.6 Å². The smallest absolute Gasteiger partial charge is 0.225 e. The summed E-state index contributed by atoms with van der Waals surface area (Å²) in [4.78, 5) is 14.9. The van der Waals surface area contributed by atoms with Crippen molar-refractivity contribution < 1.29 is 9.53 Å². The van der Waals surface area contributed by atoms with E-state index in [1.54, 1.807) is 7.11 Å². The van der Waals surface area contributed by atoms with E-state index in [-0.39, 0.29) is 17.7 Å². The summed E-state index contributed by atoms with van der Waals surface area (Å²) < 4.78 is 5.52. The Hall–Kier alpha value is -1.82. The van der Waals surface area contributed by atoms with Crippen LogP contribution in [0.4, 0.5) is 0 Å². The number of carbonyl (C=O) groups excluding carboxylic acids is 1. The van der Waals surface area contributed by atoms with Gasteiger partial charge in [-0.3, -0.25) is 4.79 Å².